The van der Waals surface area contributed by atoms with Crippen molar-refractivity contribution in [3.63, 3.8) is 0 Å². The van der Waals surface area contributed by atoms with E-state index < -0.39 is 5.54 Å². The zero-order valence-corrected chi connectivity index (χ0v) is 9.32. The molecular formula is C10H15ClFNO. The highest BCUT2D eigenvalue weighted by Gasteiger charge is 2.15. The molecule has 2 nitrogen and oxygen atoms in total. The van der Waals surface area contributed by atoms with Crippen molar-refractivity contribution in [1.29, 1.82) is 0 Å². The third-order valence-corrected chi connectivity index (χ3v) is 1.90. The Morgan fingerprint density at radius 2 is 1.93 bits per heavy atom. The van der Waals surface area contributed by atoms with Crippen LogP contribution in [-0.4, -0.2) is 7.11 Å². The summed E-state index contributed by atoms with van der Waals surface area (Å²) in [5.41, 5.74) is 6.23. The fourth-order valence-electron chi connectivity index (χ4n) is 1.06. The first-order valence-corrected chi connectivity index (χ1v) is 4.08. The summed E-state index contributed by atoms with van der Waals surface area (Å²) in [5, 5.41) is 0. The normalized spacial score (nSPS) is 10.6. The van der Waals surface area contributed by atoms with Gasteiger partial charge in [-0.2, -0.15) is 0 Å². The molecule has 0 fully saturated rings. The molecule has 4 heteroatoms. The van der Waals surface area contributed by atoms with Gasteiger partial charge < -0.3 is 10.5 Å². The average molecular weight is 220 g/mol. The second kappa shape index (κ2) is 4.62. The highest BCUT2D eigenvalue weighted by molar-refractivity contribution is 5.85. The van der Waals surface area contributed by atoms with Crippen LogP contribution in [0.1, 0.15) is 19.4 Å². The van der Waals surface area contributed by atoms with E-state index in [-0.39, 0.29) is 24.0 Å². The maximum Gasteiger partial charge on any atom is 0.165 e. The maximum absolute atomic E-state index is 13.0. The molecule has 0 aromatic heterocycles. The molecule has 0 aliphatic rings. The van der Waals surface area contributed by atoms with E-state index in [1.165, 1.54) is 13.2 Å². The molecule has 80 valence electrons. The summed E-state index contributed by atoms with van der Waals surface area (Å²) >= 11 is 0. The van der Waals surface area contributed by atoms with Gasteiger partial charge in [0.15, 0.2) is 11.6 Å². The van der Waals surface area contributed by atoms with Crippen LogP contribution in [0.25, 0.3) is 0 Å². The van der Waals surface area contributed by atoms with E-state index >= 15 is 0 Å². The minimum Gasteiger partial charge on any atom is -0.494 e. The second-order valence-corrected chi connectivity index (χ2v) is 3.57. The molecule has 2 N–H and O–H groups in total. The summed E-state index contributed by atoms with van der Waals surface area (Å²) in [5.74, 6) is -0.133. The number of ether oxygens (including phenoxy) is 1. The molecule has 0 radical (unpaired) electrons. The third-order valence-electron chi connectivity index (χ3n) is 1.90. The molecular weight excluding hydrogens is 205 g/mol. The molecule has 0 amide bonds. The van der Waals surface area contributed by atoms with Crippen LogP contribution < -0.4 is 10.5 Å². The molecule has 0 atom stereocenters. The zero-order chi connectivity index (χ0) is 10.1. The van der Waals surface area contributed by atoms with Gasteiger partial charge in [0, 0.05) is 5.54 Å². The number of nitrogens with two attached hydrogens (primary N) is 1. The fraction of sp³-hybridized carbons (Fsp3) is 0.400. The Morgan fingerprint density at radius 3 is 2.36 bits per heavy atom. The topological polar surface area (TPSA) is 35.2 Å². The number of hydrogen-bond acceptors (Lipinski definition) is 2. The summed E-state index contributed by atoms with van der Waals surface area (Å²) in [4.78, 5) is 0. The van der Waals surface area contributed by atoms with Gasteiger partial charge in [-0.05, 0) is 31.5 Å². The van der Waals surface area contributed by atoms with Crippen LogP contribution in [0.3, 0.4) is 0 Å². The van der Waals surface area contributed by atoms with Gasteiger partial charge in [-0.25, -0.2) is 4.39 Å². The van der Waals surface area contributed by atoms with E-state index in [0.717, 1.165) is 5.56 Å². The largest absolute Gasteiger partial charge is 0.494 e. The Balaban J connectivity index is 0.00000169. The molecule has 0 unspecified atom stereocenters. The van der Waals surface area contributed by atoms with Gasteiger partial charge in [0.25, 0.3) is 0 Å². The molecule has 0 heterocycles. The predicted octanol–water partition coefficient (Wildman–Crippen LogP) is 2.45. The van der Waals surface area contributed by atoms with Gasteiger partial charge >= 0.3 is 0 Å². The van der Waals surface area contributed by atoms with Gasteiger partial charge in [-0.15, -0.1) is 12.4 Å². The van der Waals surface area contributed by atoms with Crippen LogP contribution in [-0.2, 0) is 5.54 Å². The van der Waals surface area contributed by atoms with Gasteiger partial charge in [-0.3, -0.25) is 0 Å². The molecule has 14 heavy (non-hydrogen) atoms. The van der Waals surface area contributed by atoms with E-state index in [0.29, 0.717) is 0 Å². The summed E-state index contributed by atoms with van der Waals surface area (Å²) in [6.07, 6.45) is 0. The quantitative estimate of drug-likeness (QED) is 0.830. The number of benzene rings is 1. The lowest BCUT2D eigenvalue weighted by atomic mass is 9.95. The highest BCUT2D eigenvalue weighted by Crippen LogP contribution is 2.24. The van der Waals surface area contributed by atoms with Gasteiger partial charge in [-0.1, -0.05) is 6.07 Å². The fourth-order valence-corrected chi connectivity index (χ4v) is 1.06. The number of methoxy groups -OCH3 is 1. The molecule has 0 saturated carbocycles. The van der Waals surface area contributed by atoms with E-state index in [4.69, 9.17) is 10.5 Å². The van der Waals surface area contributed by atoms with Crippen LogP contribution in [0.15, 0.2) is 18.2 Å². The first-order chi connectivity index (χ1) is 5.95. The summed E-state index contributed by atoms with van der Waals surface area (Å²) in [7, 11) is 1.44. The molecule has 0 spiro atoms. The average Bonchev–Trinajstić information content (AvgIpc) is 2.03. The molecule has 1 aromatic rings. The maximum atomic E-state index is 13.0. The Hall–Kier alpha value is -0.800. The van der Waals surface area contributed by atoms with Crippen molar-refractivity contribution in [3.05, 3.63) is 29.6 Å². The Labute approximate surface area is 89.7 Å². The van der Waals surface area contributed by atoms with Gasteiger partial charge in [0.1, 0.15) is 0 Å². The molecule has 1 rings (SSSR count). The van der Waals surface area contributed by atoms with Crippen molar-refractivity contribution in [1.82, 2.24) is 0 Å². The van der Waals surface area contributed by atoms with Crippen LogP contribution in [0.2, 0.25) is 0 Å². The summed E-state index contributed by atoms with van der Waals surface area (Å²) < 4.78 is 17.8. The number of hydrogen-bond donors (Lipinski definition) is 1. The monoisotopic (exact) mass is 219 g/mol. The van der Waals surface area contributed by atoms with E-state index in [9.17, 15) is 4.39 Å². The minimum atomic E-state index is -0.471. The predicted molar refractivity (Wildman–Crippen MR) is 57.4 cm³/mol. The standard InChI is InChI=1S/C10H14FNO.ClH/c1-10(2,12)7-4-5-8(11)9(6-7)13-3;/h4-6H,12H2,1-3H3;1H. The van der Waals surface area contributed by atoms with Crippen LogP contribution in [0.5, 0.6) is 5.75 Å². The highest BCUT2D eigenvalue weighted by atomic mass is 35.5. The van der Waals surface area contributed by atoms with Crippen LogP contribution >= 0.6 is 12.4 Å². The van der Waals surface area contributed by atoms with Crippen molar-refractivity contribution in [2.24, 2.45) is 5.73 Å². The van der Waals surface area contributed by atoms with Crippen molar-refractivity contribution < 1.29 is 9.13 Å². The molecule has 0 aliphatic carbocycles. The molecule has 0 saturated heterocycles. The van der Waals surface area contributed by atoms with Crippen molar-refractivity contribution in [2.45, 2.75) is 19.4 Å². The third kappa shape index (κ3) is 2.86. The smallest absolute Gasteiger partial charge is 0.165 e. The first kappa shape index (κ1) is 13.2. The van der Waals surface area contributed by atoms with Crippen molar-refractivity contribution >= 4 is 12.4 Å². The molecule has 0 bridgehead atoms. The van der Waals surface area contributed by atoms with E-state index in [2.05, 4.69) is 0 Å². The molecule has 1 aromatic carbocycles. The van der Waals surface area contributed by atoms with Crippen LogP contribution in [0.4, 0.5) is 4.39 Å². The lowest BCUT2D eigenvalue weighted by Crippen LogP contribution is -2.28. The molecule has 0 aliphatic heterocycles. The minimum absolute atomic E-state index is 0. The summed E-state index contributed by atoms with van der Waals surface area (Å²) in [6.45, 7) is 3.72. The SMILES string of the molecule is COc1cc(C(C)(C)N)ccc1F.Cl. The van der Waals surface area contributed by atoms with E-state index in [1.807, 2.05) is 13.8 Å². The Morgan fingerprint density at radius 1 is 1.36 bits per heavy atom. The number of halogens is 2. The van der Waals surface area contributed by atoms with Crippen LogP contribution in [0, 0.1) is 5.82 Å². The number of rotatable bonds is 2. The van der Waals surface area contributed by atoms with Crippen molar-refractivity contribution in [2.75, 3.05) is 7.11 Å². The Bertz CT molecular complexity index is 309. The van der Waals surface area contributed by atoms with E-state index in [1.54, 1.807) is 12.1 Å². The second-order valence-electron chi connectivity index (χ2n) is 3.57. The lowest BCUT2D eigenvalue weighted by Gasteiger charge is -2.19. The van der Waals surface area contributed by atoms with Gasteiger partial charge in [0.2, 0.25) is 0 Å². The first-order valence-electron chi connectivity index (χ1n) is 4.08. The zero-order valence-electron chi connectivity index (χ0n) is 8.50. The lowest BCUT2D eigenvalue weighted by molar-refractivity contribution is 0.384. The Kier molecular flexibility index (Phi) is 4.36. The van der Waals surface area contributed by atoms with Gasteiger partial charge in [0.05, 0.1) is 7.11 Å². The summed E-state index contributed by atoms with van der Waals surface area (Å²) in [6, 6.07) is 4.65. The van der Waals surface area contributed by atoms with Crippen molar-refractivity contribution in [3.8, 4) is 5.75 Å².